The molecule has 0 radical (unpaired) electrons. The largest absolute Gasteiger partial charge is 0.317 e. The van der Waals surface area contributed by atoms with Crippen molar-refractivity contribution in [2.45, 2.75) is 25.7 Å². The predicted octanol–water partition coefficient (Wildman–Crippen LogP) is 3.61. The van der Waals surface area contributed by atoms with Crippen LogP contribution in [0.5, 0.6) is 0 Å². The number of halogens is 1. The summed E-state index contributed by atoms with van der Waals surface area (Å²) in [4.78, 5) is 0. The Balaban J connectivity index is 1.94. The zero-order valence-corrected chi connectivity index (χ0v) is 12.6. The highest BCUT2D eigenvalue weighted by Crippen LogP contribution is 2.35. The second-order valence-electron chi connectivity index (χ2n) is 5.19. The fourth-order valence-electron chi connectivity index (χ4n) is 2.71. The molecule has 0 amide bonds. The highest BCUT2D eigenvalue weighted by atomic mass is 79.9. The molecule has 3 rings (SSSR count). The molecule has 3 nitrogen and oxygen atoms in total. The molecule has 1 aromatic heterocycles. The standard InChI is InChI=1S/C15H18BrN3/c1-10-3-2-4-12(9-10)15-13(16)14(18-19-15)11-5-7-17-8-6-11/h2-4,9,11,17H,5-8H2,1H3,(H,18,19). The van der Waals surface area contributed by atoms with Gasteiger partial charge in [0.05, 0.1) is 10.2 Å². The lowest BCUT2D eigenvalue weighted by Gasteiger charge is -2.21. The van der Waals surface area contributed by atoms with Crippen molar-refractivity contribution in [2.24, 2.45) is 0 Å². The minimum Gasteiger partial charge on any atom is -0.317 e. The fraction of sp³-hybridized carbons (Fsp3) is 0.400. The molecule has 1 aliphatic rings. The van der Waals surface area contributed by atoms with Gasteiger partial charge >= 0.3 is 0 Å². The average Bonchev–Trinajstić information content (AvgIpc) is 2.81. The van der Waals surface area contributed by atoms with Gasteiger partial charge in [0.2, 0.25) is 0 Å². The van der Waals surface area contributed by atoms with Crippen molar-refractivity contribution in [3.63, 3.8) is 0 Å². The number of H-pyrrole nitrogens is 1. The SMILES string of the molecule is Cc1cccc(-c2n[nH]c(C3CCNCC3)c2Br)c1. The zero-order chi connectivity index (χ0) is 13.2. The molecular weight excluding hydrogens is 302 g/mol. The third-order valence-electron chi connectivity index (χ3n) is 3.77. The third kappa shape index (κ3) is 2.60. The van der Waals surface area contributed by atoms with Gasteiger partial charge in [0.15, 0.2) is 0 Å². The highest BCUT2D eigenvalue weighted by molar-refractivity contribution is 9.10. The maximum Gasteiger partial charge on any atom is 0.107 e. The molecule has 0 spiro atoms. The number of rotatable bonds is 2. The number of aromatic nitrogens is 2. The van der Waals surface area contributed by atoms with Crippen molar-refractivity contribution in [1.82, 2.24) is 15.5 Å². The third-order valence-corrected chi connectivity index (χ3v) is 4.57. The Kier molecular flexibility index (Phi) is 3.71. The van der Waals surface area contributed by atoms with Gasteiger partial charge in [-0.1, -0.05) is 23.8 Å². The quantitative estimate of drug-likeness (QED) is 0.887. The van der Waals surface area contributed by atoms with Crippen LogP contribution in [0.3, 0.4) is 0 Å². The first-order valence-electron chi connectivity index (χ1n) is 6.77. The van der Waals surface area contributed by atoms with E-state index in [0.717, 1.165) is 23.3 Å². The van der Waals surface area contributed by atoms with Gasteiger partial charge in [0.25, 0.3) is 0 Å². The molecule has 1 aliphatic heterocycles. The number of nitrogens with zero attached hydrogens (tertiary/aromatic N) is 1. The molecule has 0 atom stereocenters. The van der Waals surface area contributed by atoms with Crippen molar-refractivity contribution < 1.29 is 0 Å². The summed E-state index contributed by atoms with van der Waals surface area (Å²) in [6.07, 6.45) is 2.35. The Morgan fingerprint density at radius 2 is 2.05 bits per heavy atom. The van der Waals surface area contributed by atoms with Gasteiger partial charge in [-0.25, -0.2) is 0 Å². The van der Waals surface area contributed by atoms with Gasteiger partial charge in [-0.2, -0.15) is 5.10 Å². The van der Waals surface area contributed by atoms with Crippen LogP contribution in [-0.4, -0.2) is 23.3 Å². The van der Waals surface area contributed by atoms with Crippen LogP contribution in [0.2, 0.25) is 0 Å². The summed E-state index contributed by atoms with van der Waals surface area (Å²) in [5.74, 6) is 0.585. The lowest BCUT2D eigenvalue weighted by molar-refractivity contribution is 0.452. The molecule has 0 bridgehead atoms. The van der Waals surface area contributed by atoms with Crippen LogP contribution in [0, 0.1) is 6.92 Å². The molecule has 19 heavy (non-hydrogen) atoms. The summed E-state index contributed by atoms with van der Waals surface area (Å²) in [6.45, 7) is 4.30. The first kappa shape index (κ1) is 12.9. The summed E-state index contributed by atoms with van der Waals surface area (Å²) < 4.78 is 1.13. The number of nitrogens with one attached hydrogen (secondary N) is 2. The molecule has 4 heteroatoms. The molecule has 2 heterocycles. The van der Waals surface area contributed by atoms with E-state index in [4.69, 9.17) is 0 Å². The van der Waals surface area contributed by atoms with E-state index in [-0.39, 0.29) is 0 Å². The van der Waals surface area contributed by atoms with Crippen molar-refractivity contribution in [2.75, 3.05) is 13.1 Å². The van der Waals surface area contributed by atoms with Crippen LogP contribution >= 0.6 is 15.9 Å². The second kappa shape index (κ2) is 5.47. The lowest BCUT2D eigenvalue weighted by Crippen LogP contribution is -2.26. The van der Waals surface area contributed by atoms with E-state index in [9.17, 15) is 0 Å². The number of aryl methyl sites for hydroxylation is 1. The van der Waals surface area contributed by atoms with E-state index in [1.807, 2.05) is 0 Å². The van der Waals surface area contributed by atoms with Crippen LogP contribution in [0.25, 0.3) is 11.3 Å². The second-order valence-corrected chi connectivity index (χ2v) is 5.99. The number of hydrogen-bond acceptors (Lipinski definition) is 2. The van der Waals surface area contributed by atoms with E-state index in [2.05, 4.69) is 62.6 Å². The first-order chi connectivity index (χ1) is 9.25. The van der Waals surface area contributed by atoms with Crippen LogP contribution in [0.4, 0.5) is 0 Å². The van der Waals surface area contributed by atoms with Crippen molar-refractivity contribution in [3.8, 4) is 11.3 Å². The van der Waals surface area contributed by atoms with Gasteiger partial charge < -0.3 is 5.32 Å². The van der Waals surface area contributed by atoms with Gasteiger partial charge in [-0.3, -0.25) is 5.10 Å². The average molecular weight is 320 g/mol. The van der Waals surface area contributed by atoms with E-state index >= 15 is 0 Å². The molecule has 2 aromatic rings. The van der Waals surface area contributed by atoms with Crippen LogP contribution < -0.4 is 5.32 Å². The molecule has 1 fully saturated rings. The van der Waals surface area contributed by atoms with Gasteiger partial charge in [-0.15, -0.1) is 0 Å². The van der Waals surface area contributed by atoms with Crippen LogP contribution in [0.1, 0.15) is 30.0 Å². The Morgan fingerprint density at radius 3 is 2.79 bits per heavy atom. The summed E-state index contributed by atoms with van der Waals surface area (Å²) in [7, 11) is 0. The molecule has 0 aliphatic carbocycles. The van der Waals surface area contributed by atoms with E-state index in [1.165, 1.54) is 29.7 Å². The Labute approximate surface area is 121 Å². The van der Waals surface area contributed by atoms with Crippen LogP contribution in [0.15, 0.2) is 28.7 Å². The zero-order valence-electron chi connectivity index (χ0n) is 11.0. The first-order valence-corrected chi connectivity index (χ1v) is 7.56. The monoisotopic (exact) mass is 319 g/mol. The number of benzene rings is 1. The van der Waals surface area contributed by atoms with Crippen LogP contribution in [-0.2, 0) is 0 Å². The summed E-state index contributed by atoms with van der Waals surface area (Å²) in [5, 5.41) is 11.1. The van der Waals surface area contributed by atoms with Crippen molar-refractivity contribution >= 4 is 15.9 Å². The molecule has 100 valence electrons. The Hall–Kier alpha value is -1.13. The predicted molar refractivity (Wildman–Crippen MR) is 81.3 cm³/mol. The minimum absolute atomic E-state index is 0.585. The van der Waals surface area contributed by atoms with Crippen molar-refractivity contribution in [1.29, 1.82) is 0 Å². The topological polar surface area (TPSA) is 40.7 Å². The fourth-order valence-corrected chi connectivity index (χ4v) is 3.44. The maximum atomic E-state index is 4.51. The van der Waals surface area contributed by atoms with Crippen molar-refractivity contribution in [3.05, 3.63) is 40.0 Å². The maximum absolute atomic E-state index is 4.51. The summed E-state index contributed by atoms with van der Waals surface area (Å²) in [5.41, 5.74) is 4.70. The van der Waals surface area contributed by atoms with Gasteiger partial charge in [0, 0.05) is 11.5 Å². The molecule has 0 unspecified atom stereocenters. The van der Waals surface area contributed by atoms with E-state index in [0.29, 0.717) is 5.92 Å². The Bertz CT molecular complexity index is 571. The summed E-state index contributed by atoms with van der Waals surface area (Å²) >= 11 is 3.73. The lowest BCUT2D eigenvalue weighted by atomic mass is 9.94. The van der Waals surface area contributed by atoms with E-state index < -0.39 is 0 Å². The molecular formula is C15H18BrN3. The highest BCUT2D eigenvalue weighted by Gasteiger charge is 2.22. The number of aromatic amines is 1. The molecule has 2 N–H and O–H groups in total. The summed E-state index contributed by atoms with van der Waals surface area (Å²) in [6, 6.07) is 8.47. The molecule has 1 aromatic carbocycles. The van der Waals surface area contributed by atoms with Gasteiger partial charge in [0.1, 0.15) is 5.69 Å². The minimum atomic E-state index is 0.585. The smallest absolute Gasteiger partial charge is 0.107 e. The van der Waals surface area contributed by atoms with Gasteiger partial charge in [-0.05, 0) is 54.9 Å². The normalized spacial score (nSPS) is 16.7. The molecule has 0 saturated carbocycles. The van der Waals surface area contributed by atoms with E-state index in [1.54, 1.807) is 0 Å². The number of piperidine rings is 1. The number of hydrogen-bond donors (Lipinski definition) is 2. The Morgan fingerprint density at radius 1 is 1.26 bits per heavy atom. The molecule has 1 saturated heterocycles.